The standard InChI is InChI=1S/C22H22N6O4/c23-22(26-18-6-1-2-7-24-18)28-10-8-27(9-11-28)14-16-21(29)32-20(25-16)15-4-3-5-17-19(15)31-13-12-30-17/h1-7,14H,8-13H2,(H2,23,24,26). The summed E-state index contributed by atoms with van der Waals surface area (Å²) in [6, 6.07) is 10.9. The molecule has 0 amide bonds. The van der Waals surface area contributed by atoms with Crippen molar-refractivity contribution in [3.63, 3.8) is 0 Å². The van der Waals surface area contributed by atoms with Crippen LogP contribution >= 0.6 is 0 Å². The fraction of sp³-hybridized carbons (Fsp3) is 0.273. The average molecular weight is 434 g/mol. The molecule has 2 N–H and O–H groups in total. The van der Waals surface area contributed by atoms with Crippen molar-refractivity contribution < 1.29 is 19.0 Å². The highest BCUT2D eigenvalue weighted by Crippen LogP contribution is 2.35. The van der Waals surface area contributed by atoms with Crippen LogP contribution in [0.1, 0.15) is 5.56 Å². The fourth-order valence-electron chi connectivity index (χ4n) is 3.62. The van der Waals surface area contributed by atoms with Crippen molar-refractivity contribution >= 4 is 23.6 Å². The van der Waals surface area contributed by atoms with Crippen LogP contribution in [0.4, 0.5) is 5.82 Å². The van der Waals surface area contributed by atoms with Gasteiger partial charge in [-0.05, 0) is 24.3 Å². The number of rotatable bonds is 3. The molecule has 4 heterocycles. The minimum atomic E-state index is -0.493. The topological polar surface area (TPSA) is 115 Å². The minimum absolute atomic E-state index is 0.217. The quantitative estimate of drug-likeness (QED) is 0.332. The Kier molecular flexibility index (Phi) is 5.32. The number of hydrogen-bond donors (Lipinski definition) is 1. The Labute approximate surface area is 184 Å². The average Bonchev–Trinajstić information content (AvgIpc) is 3.19. The van der Waals surface area contributed by atoms with Crippen LogP contribution in [0.5, 0.6) is 11.5 Å². The Morgan fingerprint density at radius 1 is 1.06 bits per heavy atom. The van der Waals surface area contributed by atoms with E-state index in [0.717, 1.165) is 0 Å². The molecule has 1 aromatic carbocycles. The molecule has 0 spiro atoms. The van der Waals surface area contributed by atoms with E-state index in [1.165, 1.54) is 0 Å². The number of nitrogens with two attached hydrogens (primary N) is 1. The van der Waals surface area contributed by atoms with E-state index in [-0.39, 0.29) is 11.6 Å². The van der Waals surface area contributed by atoms with E-state index in [2.05, 4.69) is 15.0 Å². The zero-order valence-electron chi connectivity index (χ0n) is 17.3. The third-order valence-electron chi connectivity index (χ3n) is 5.24. The lowest BCUT2D eigenvalue weighted by molar-refractivity contribution is -0.130. The third-order valence-corrected chi connectivity index (χ3v) is 5.24. The van der Waals surface area contributed by atoms with Gasteiger partial charge in [-0.3, -0.25) is 0 Å². The number of ether oxygens (including phenoxy) is 3. The number of fused-ring (bicyclic) bond motifs is 1. The predicted octanol–water partition coefficient (Wildman–Crippen LogP) is 1.26. The van der Waals surface area contributed by atoms with Crippen LogP contribution in [0.15, 0.2) is 64.5 Å². The van der Waals surface area contributed by atoms with Crippen LogP contribution in [0, 0.1) is 0 Å². The second-order valence-electron chi connectivity index (χ2n) is 7.33. The van der Waals surface area contributed by atoms with Gasteiger partial charge < -0.3 is 29.7 Å². The lowest BCUT2D eigenvalue weighted by Gasteiger charge is -2.34. The molecule has 10 nitrogen and oxygen atoms in total. The number of piperazine rings is 1. The van der Waals surface area contributed by atoms with Gasteiger partial charge in [0.2, 0.25) is 5.90 Å². The minimum Gasteiger partial charge on any atom is -0.486 e. The van der Waals surface area contributed by atoms with E-state index in [9.17, 15) is 4.79 Å². The van der Waals surface area contributed by atoms with Crippen LogP contribution < -0.4 is 15.2 Å². The summed E-state index contributed by atoms with van der Waals surface area (Å²) in [6.45, 7) is 3.57. The SMILES string of the molecule is N/C(=N\c1ccccn1)N1CCN(C=C2N=C(c3cccc4c3OCCO4)OC2=O)CC1. The highest BCUT2D eigenvalue weighted by atomic mass is 16.6. The zero-order chi connectivity index (χ0) is 21.9. The molecule has 164 valence electrons. The Balaban J connectivity index is 1.27. The molecular formula is C22H22N6O4. The molecule has 5 rings (SSSR count). The summed E-state index contributed by atoms with van der Waals surface area (Å²) < 4.78 is 16.7. The van der Waals surface area contributed by atoms with Crippen molar-refractivity contribution in [3.05, 3.63) is 60.1 Å². The number of para-hydroxylation sites is 1. The molecule has 3 aliphatic heterocycles. The van der Waals surface area contributed by atoms with Gasteiger partial charge in [0, 0.05) is 38.6 Å². The van der Waals surface area contributed by atoms with Crippen molar-refractivity contribution in [2.24, 2.45) is 15.7 Å². The number of pyridine rings is 1. The van der Waals surface area contributed by atoms with Gasteiger partial charge in [-0.1, -0.05) is 12.1 Å². The number of nitrogens with zero attached hydrogens (tertiary/aromatic N) is 5. The summed E-state index contributed by atoms with van der Waals surface area (Å²) in [7, 11) is 0. The van der Waals surface area contributed by atoms with E-state index in [1.54, 1.807) is 24.5 Å². The summed E-state index contributed by atoms with van der Waals surface area (Å²) in [6.07, 6.45) is 3.40. The fourth-order valence-corrected chi connectivity index (χ4v) is 3.62. The number of esters is 1. The second kappa shape index (κ2) is 8.58. The van der Waals surface area contributed by atoms with Crippen LogP contribution in [0.2, 0.25) is 0 Å². The van der Waals surface area contributed by atoms with Gasteiger partial charge in [0.25, 0.3) is 0 Å². The highest BCUT2D eigenvalue weighted by molar-refractivity contribution is 6.12. The molecule has 1 saturated heterocycles. The molecule has 0 bridgehead atoms. The molecule has 10 heteroatoms. The van der Waals surface area contributed by atoms with E-state index in [1.807, 2.05) is 34.1 Å². The molecule has 32 heavy (non-hydrogen) atoms. The molecular weight excluding hydrogens is 412 g/mol. The first-order valence-electron chi connectivity index (χ1n) is 10.3. The van der Waals surface area contributed by atoms with E-state index in [0.29, 0.717) is 68.2 Å². The molecule has 0 atom stereocenters. The van der Waals surface area contributed by atoms with Gasteiger partial charge in [0.05, 0.1) is 5.56 Å². The lowest BCUT2D eigenvalue weighted by Crippen LogP contribution is -2.49. The number of benzene rings is 1. The van der Waals surface area contributed by atoms with Crippen molar-refractivity contribution in [1.29, 1.82) is 0 Å². The number of carbonyl (C=O) groups is 1. The van der Waals surface area contributed by atoms with Crippen molar-refractivity contribution in [1.82, 2.24) is 14.8 Å². The highest BCUT2D eigenvalue weighted by Gasteiger charge is 2.29. The number of aromatic nitrogens is 1. The summed E-state index contributed by atoms with van der Waals surface area (Å²) in [5.41, 5.74) is 6.98. The van der Waals surface area contributed by atoms with Gasteiger partial charge in [0.15, 0.2) is 29.0 Å². The van der Waals surface area contributed by atoms with Crippen LogP contribution in [-0.4, -0.2) is 72.0 Å². The molecule has 0 radical (unpaired) electrons. The first-order valence-corrected chi connectivity index (χ1v) is 10.3. The number of carbonyl (C=O) groups excluding carboxylic acids is 1. The molecule has 1 aromatic heterocycles. The Morgan fingerprint density at radius 2 is 1.91 bits per heavy atom. The van der Waals surface area contributed by atoms with Gasteiger partial charge >= 0.3 is 5.97 Å². The normalized spacial score (nSPS) is 19.8. The molecule has 0 aliphatic carbocycles. The Morgan fingerprint density at radius 3 is 2.72 bits per heavy atom. The first-order chi connectivity index (χ1) is 15.7. The summed E-state index contributed by atoms with van der Waals surface area (Å²) in [5, 5.41) is 0. The second-order valence-corrected chi connectivity index (χ2v) is 7.33. The smallest absolute Gasteiger partial charge is 0.365 e. The number of hydrogen-bond acceptors (Lipinski definition) is 8. The number of guanidine groups is 1. The summed E-state index contributed by atoms with van der Waals surface area (Å²) in [5.74, 6) is 1.88. The number of cyclic esters (lactones) is 1. The Hall–Kier alpha value is -4.08. The zero-order valence-corrected chi connectivity index (χ0v) is 17.3. The summed E-state index contributed by atoms with van der Waals surface area (Å²) >= 11 is 0. The predicted molar refractivity (Wildman–Crippen MR) is 117 cm³/mol. The maximum Gasteiger partial charge on any atom is 0.365 e. The maximum atomic E-state index is 12.4. The van der Waals surface area contributed by atoms with Crippen molar-refractivity contribution in [2.45, 2.75) is 0 Å². The van der Waals surface area contributed by atoms with Gasteiger partial charge in [-0.2, -0.15) is 4.99 Å². The lowest BCUT2D eigenvalue weighted by atomic mass is 10.1. The van der Waals surface area contributed by atoms with Gasteiger partial charge in [0.1, 0.15) is 13.2 Å². The monoisotopic (exact) mass is 434 g/mol. The summed E-state index contributed by atoms with van der Waals surface area (Å²) in [4.78, 5) is 29.4. The van der Waals surface area contributed by atoms with Crippen LogP contribution in [0.25, 0.3) is 0 Å². The number of aliphatic imine (C=N–C) groups is 2. The largest absolute Gasteiger partial charge is 0.486 e. The Bertz CT molecular complexity index is 1110. The first kappa shape index (κ1) is 19.9. The molecule has 0 saturated carbocycles. The molecule has 0 unspecified atom stereocenters. The van der Waals surface area contributed by atoms with Gasteiger partial charge in [-0.25, -0.2) is 14.8 Å². The van der Waals surface area contributed by atoms with E-state index >= 15 is 0 Å². The molecule has 2 aromatic rings. The van der Waals surface area contributed by atoms with Crippen LogP contribution in [-0.2, 0) is 9.53 Å². The molecule has 1 fully saturated rings. The van der Waals surface area contributed by atoms with Crippen molar-refractivity contribution in [2.75, 3.05) is 39.4 Å². The van der Waals surface area contributed by atoms with E-state index in [4.69, 9.17) is 19.9 Å². The third kappa shape index (κ3) is 4.07. The van der Waals surface area contributed by atoms with Crippen LogP contribution in [0.3, 0.4) is 0 Å². The maximum absolute atomic E-state index is 12.4. The van der Waals surface area contributed by atoms with Crippen molar-refractivity contribution in [3.8, 4) is 11.5 Å². The van der Waals surface area contributed by atoms with E-state index < -0.39 is 5.97 Å². The van der Waals surface area contributed by atoms with Gasteiger partial charge in [-0.15, -0.1) is 0 Å². The molecule has 3 aliphatic rings.